The van der Waals surface area contributed by atoms with Crippen LogP contribution >= 0.6 is 11.8 Å². The number of benzene rings is 1. The largest absolute Gasteiger partial charge is 0.481 e. The van der Waals surface area contributed by atoms with Crippen LogP contribution in [-0.4, -0.2) is 53.4 Å². The molecule has 1 N–H and O–H groups in total. The number of hydrogen-bond acceptors (Lipinski definition) is 5. The number of aryl methyl sites for hydroxylation is 3. The van der Waals surface area contributed by atoms with Gasteiger partial charge < -0.3 is 10.0 Å². The smallest absolute Gasteiger partial charge is 0.303 e. The van der Waals surface area contributed by atoms with Crippen molar-refractivity contribution in [3.8, 4) is 0 Å². The van der Waals surface area contributed by atoms with Crippen LogP contribution in [0.15, 0.2) is 17.1 Å². The van der Waals surface area contributed by atoms with Gasteiger partial charge in [0.25, 0.3) is 0 Å². The average molecular weight is 411 g/mol. The van der Waals surface area contributed by atoms with Crippen LogP contribution in [-0.2, 0) is 19.4 Å². The molecule has 0 aliphatic carbocycles. The Balaban J connectivity index is 2.02. The monoisotopic (exact) mass is 410 g/mol. The van der Waals surface area contributed by atoms with Crippen LogP contribution < -0.4 is 4.90 Å². The van der Waals surface area contributed by atoms with E-state index in [4.69, 9.17) is 5.11 Å². The van der Waals surface area contributed by atoms with E-state index in [-0.39, 0.29) is 35.6 Å². The molecule has 3 rings (SSSR count). The summed E-state index contributed by atoms with van der Waals surface area (Å²) in [6.07, 6.45) is -0.448. The number of nitrogens with zero attached hydrogens (tertiary/aromatic N) is 2. The molecule has 2 aliphatic rings. The van der Waals surface area contributed by atoms with Crippen molar-refractivity contribution in [3.63, 3.8) is 0 Å². The zero-order valence-corrected chi connectivity index (χ0v) is 17.1. The number of rotatable bonds is 4. The van der Waals surface area contributed by atoms with E-state index in [1.807, 2.05) is 37.8 Å². The number of thioether (sulfide) groups is 1. The third-order valence-electron chi connectivity index (χ3n) is 4.72. The summed E-state index contributed by atoms with van der Waals surface area (Å²) in [6.45, 7) is 5.91. The number of aliphatic imine (C=N–C) groups is 1. The topological polar surface area (TPSA) is 104 Å². The van der Waals surface area contributed by atoms with Crippen LogP contribution in [0.1, 0.15) is 29.5 Å². The number of fused-ring (bicyclic) bond motifs is 1. The number of carboxylic acid groups (broad SMARTS) is 1. The minimum atomic E-state index is -3.13. The van der Waals surface area contributed by atoms with Crippen molar-refractivity contribution in [2.24, 2.45) is 4.99 Å². The lowest BCUT2D eigenvalue weighted by molar-refractivity contribution is -0.138. The van der Waals surface area contributed by atoms with Gasteiger partial charge in [0.05, 0.1) is 24.0 Å². The average Bonchev–Trinajstić information content (AvgIpc) is 2.97. The van der Waals surface area contributed by atoms with E-state index in [0.29, 0.717) is 5.17 Å². The summed E-state index contributed by atoms with van der Waals surface area (Å²) in [5.74, 6) is -1.46. The lowest BCUT2D eigenvalue weighted by Crippen LogP contribution is -2.38. The number of aliphatic carboxylic acids is 1. The lowest BCUT2D eigenvalue weighted by atomic mass is 10.0. The van der Waals surface area contributed by atoms with E-state index in [9.17, 15) is 18.0 Å². The van der Waals surface area contributed by atoms with E-state index < -0.39 is 21.7 Å². The molecular weight excluding hydrogens is 388 g/mol. The van der Waals surface area contributed by atoms with Gasteiger partial charge in [-0.3, -0.25) is 9.59 Å². The molecule has 9 heteroatoms. The van der Waals surface area contributed by atoms with Crippen LogP contribution in [0.4, 0.5) is 5.69 Å². The van der Waals surface area contributed by atoms with Gasteiger partial charge in [-0.25, -0.2) is 8.42 Å². The molecule has 1 amide bonds. The van der Waals surface area contributed by atoms with Gasteiger partial charge in [0.2, 0.25) is 5.91 Å². The number of carbonyl (C=O) groups is 2. The SMILES string of the molecule is Cc1cc(C)c(N2C(=NC(=O)CCC(=O)O)SC3CS(=O)(=O)CC32)c(C)c1. The van der Waals surface area contributed by atoms with Crippen LogP contribution in [0, 0.1) is 20.8 Å². The Morgan fingerprint density at radius 2 is 1.81 bits per heavy atom. The zero-order valence-electron chi connectivity index (χ0n) is 15.4. The minimum Gasteiger partial charge on any atom is -0.481 e. The second-order valence-corrected chi connectivity index (χ2v) is 10.5. The number of amides is 1. The van der Waals surface area contributed by atoms with Crippen LogP contribution in [0.5, 0.6) is 0 Å². The molecule has 2 fully saturated rings. The van der Waals surface area contributed by atoms with Gasteiger partial charge in [0.1, 0.15) is 0 Å². The van der Waals surface area contributed by atoms with E-state index in [1.165, 1.54) is 11.8 Å². The maximum atomic E-state index is 12.1. The first-order valence-corrected chi connectivity index (χ1v) is 11.3. The maximum absolute atomic E-state index is 12.1. The molecule has 0 bridgehead atoms. The minimum absolute atomic E-state index is 0.0275. The standard InChI is InChI=1S/C18H22N2O5S2/c1-10-6-11(2)17(12(3)7-10)20-13-8-27(24,25)9-14(13)26-18(20)19-15(21)4-5-16(22)23/h6-7,13-14H,4-5,8-9H2,1-3H3,(H,22,23). The second kappa shape index (κ2) is 7.27. The molecule has 1 aromatic rings. The fraction of sp³-hybridized carbons (Fsp3) is 0.500. The molecule has 0 spiro atoms. The van der Waals surface area contributed by atoms with E-state index in [2.05, 4.69) is 4.99 Å². The maximum Gasteiger partial charge on any atom is 0.303 e. The summed E-state index contributed by atoms with van der Waals surface area (Å²) < 4.78 is 24.3. The summed E-state index contributed by atoms with van der Waals surface area (Å²) >= 11 is 1.30. The second-order valence-electron chi connectivity index (χ2n) is 7.10. The summed E-state index contributed by atoms with van der Waals surface area (Å²) in [6, 6.07) is 3.77. The fourth-order valence-electron chi connectivity index (χ4n) is 3.75. The summed E-state index contributed by atoms with van der Waals surface area (Å²) in [4.78, 5) is 28.9. The highest BCUT2D eigenvalue weighted by Crippen LogP contribution is 2.43. The van der Waals surface area contributed by atoms with Crippen molar-refractivity contribution in [1.29, 1.82) is 0 Å². The molecule has 2 aliphatic heterocycles. The molecule has 2 atom stereocenters. The Kier molecular flexibility index (Phi) is 5.36. The summed E-state index contributed by atoms with van der Waals surface area (Å²) in [5.41, 5.74) is 3.96. The van der Waals surface area contributed by atoms with Gasteiger partial charge in [-0.05, 0) is 31.9 Å². The molecule has 7 nitrogen and oxygen atoms in total. The normalized spacial score (nSPS) is 25.0. The quantitative estimate of drug-likeness (QED) is 0.810. The molecule has 2 unspecified atom stereocenters. The highest BCUT2D eigenvalue weighted by atomic mass is 32.2. The molecular formula is C18H22N2O5S2. The molecule has 2 saturated heterocycles. The molecule has 146 valence electrons. The summed E-state index contributed by atoms with van der Waals surface area (Å²) in [7, 11) is -3.13. The van der Waals surface area contributed by atoms with Gasteiger partial charge in [0.15, 0.2) is 15.0 Å². The molecule has 2 heterocycles. The van der Waals surface area contributed by atoms with Gasteiger partial charge in [-0.1, -0.05) is 29.5 Å². The first kappa shape index (κ1) is 19.9. The van der Waals surface area contributed by atoms with Crippen molar-refractivity contribution >= 4 is 44.3 Å². The number of hydrogen-bond donors (Lipinski definition) is 1. The highest BCUT2D eigenvalue weighted by molar-refractivity contribution is 8.16. The molecule has 0 saturated carbocycles. The Labute approximate surface area is 162 Å². The van der Waals surface area contributed by atoms with Crippen molar-refractivity contribution in [1.82, 2.24) is 0 Å². The number of sulfone groups is 1. The number of carboxylic acids is 1. The van der Waals surface area contributed by atoms with Crippen molar-refractivity contribution < 1.29 is 23.1 Å². The predicted octanol–water partition coefficient (Wildman–Crippen LogP) is 2.08. The number of carbonyl (C=O) groups excluding carboxylic acids is 1. The lowest BCUT2D eigenvalue weighted by Gasteiger charge is -2.28. The van der Waals surface area contributed by atoms with Gasteiger partial charge in [-0.15, -0.1) is 0 Å². The molecule has 1 aromatic carbocycles. The van der Waals surface area contributed by atoms with Crippen molar-refractivity contribution in [2.45, 2.75) is 44.9 Å². The fourth-order valence-corrected chi connectivity index (χ4v) is 7.67. The molecule has 0 aromatic heterocycles. The van der Waals surface area contributed by atoms with E-state index >= 15 is 0 Å². The third-order valence-corrected chi connectivity index (χ3v) is 7.93. The van der Waals surface area contributed by atoms with Crippen molar-refractivity contribution in [2.75, 3.05) is 16.4 Å². The number of amidine groups is 1. The first-order valence-electron chi connectivity index (χ1n) is 8.65. The third kappa shape index (κ3) is 4.19. The first-order chi connectivity index (χ1) is 12.6. The Morgan fingerprint density at radius 1 is 1.19 bits per heavy atom. The summed E-state index contributed by atoms with van der Waals surface area (Å²) in [5, 5.41) is 9.04. The Bertz CT molecular complexity index is 916. The van der Waals surface area contributed by atoms with Gasteiger partial charge in [0, 0.05) is 17.4 Å². The van der Waals surface area contributed by atoms with Gasteiger partial charge >= 0.3 is 5.97 Å². The van der Waals surface area contributed by atoms with E-state index in [0.717, 1.165) is 22.4 Å². The number of anilines is 1. The molecule has 27 heavy (non-hydrogen) atoms. The van der Waals surface area contributed by atoms with Gasteiger partial charge in [-0.2, -0.15) is 4.99 Å². The Morgan fingerprint density at radius 3 is 2.41 bits per heavy atom. The van der Waals surface area contributed by atoms with Crippen molar-refractivity contribution in [3.05, 3.63) is 28.8 Å². The highest BCUT2D eigenvalue weighted by Gasteiger charge is 2.50. The predicted molar refractivity (Wildman–Crippen MR) is 106 cm³/mol. The van der Waals surface area contributed by atoms with Crippen LogP contribution in [0.25, 0.3) is 0 Å². The molecule has 0 radical (unpaired) electrons. The Hall–Kier alpha value is -1.87. The van der Waals surface area contributed by atoms with Crippen LogP contribution in [0.3, 0.4) is 0 Å². The van der Waals surface area contributed by atoms with Crippen LogP contribution in [0.2, 0.25) is 0 Å². The van der Waals surface area contributed by atoms with E-state index in [1.54, 1.807) is 0 Å². The zero-order chi connectivity index (χ0) is 19.9.